The third-order valence-corrected chi connectivity index (χ3v) is 4.84. The van der Waals surface area contributed by atoms with Crippen LogP contribution in [0.5, 0.6) is 5.75 Å². The Kier molecular flexibility index (Phi) is 7.71. The van der Waals surface area contributed by atoms with Gasteiger partial charge in [-0.1, -0.05) is 11.6 Å². The summed E-state index contributed by atoms with van der Waals surface area (Å²) in [6.07, 6.45) is 0.758. The monoisotopic (exact) mass is 450 g/mol. The van der Waals surface area contributed by atoms with Gasteiger partial charge in [0.2, 0.25) is 11.8 Å². The van der Waals surface area contributed by atoms with Crippen molar-refractivity contribution in [2.24, 2.45) is 0 Å². The molecule has 11 heteroatoms. The van der Waals surface area contributed by atoms with Crippen LogP contribution in [0.3, 0.4) is 0 Å². The average molecular weight is 451 g/mol. The van der Waals surface area contributed by atoms with Crippen LogP contribution in [0, 0.1) is 0 Å². The Morgan fingerprint density at radius 2 is 1.97 bits per heavy atom. The van der Waals surface area contributed by atoms with Crippen LogP contribution in [0.4, 0.5) is 0 Å². The van der Waals surface area contributed by atoms with Gasteiger partial charge in [0.1, 0.15) is 18.1 Å². The molecule has 1 aromatic carbocycles. The summed E-state index contributed by atoms with van der Waals surface area (Å²) in [5.41, 5.74) is -0.0715. The lowest BCUT2D eigenvalue weighted by molar-refractivity contribution is -0.136. The van der Waals surface area contributed by atoms with Crippen LogP contribution in [0.25, 0.3) is 0 Å². The number of halogens is 1. The average Bonchev–Trinajstić information content (AvgIpc) is 3.16. The predicted molar refractivity (Wildman–Crippen MR) is 111 cm³/mol. The molecule has 1 aliphatic rings. The van der Waals surface area contributed by atoms with Gasteiger partial charge in [0.25, 0.3) is 11.5 Å². The first-order valence-electron chi connectivity index (χ1n) is 9.85. The Morgan fingerprint density at radius 3 is 2.74 bits per heavy atom. The summed E-state index contributed by atoms with van der Waals surface area (Å²) >= 11 is 6.00. The topological polar surface area (TPSA) is 134 Å². The van der Waals surface area contributed by atoms with Gasteiger partial charge in [-0.25, -0.2) is 0 Å². The number of aryl methyl sites for hydroxylation is 1. The van der Waals surface area contributed by atoms with E-state index in [2.05, 4.69) is 15.8 Å². The number of nitrogens with one attached hydrogen (secondary N) is 3. The van der Waals surface area contributed by atoms with Crippen molar-refractivity contribution in [3.05, 3.63) is 51.0 Å². The molecule has 2 aromatic rings. The molecule has 166 valence electrons. The first kappa shape index (κ1) is 22.4. The highest BCUT2D eigenvalue weighted by Gasteiger charge is 2.19. The van der Waals surface area contributed by atoms with Crippen LogP contribution >= 0.6 is 11.6 Å². The van der Waals surface area contributed by atoms with Gasteiger partial charge in [0.15, 0.2) is 0 Å². The summed E-state index contributed by atoms with van der Waals surface area (Å²) in [4.78, 5) is 50.0. The maximum Gasteiger partial charge on any atom is 0.280 e. The molecule has 10 nitrogen and oxygen atoms in total. The molecule has 3 amide bonds. The highest BCUT2D eigenvalue weighted by molar-refractivity contribution is 6.31. The standard InChI is InChI=1S/C20H23ClN4O6/c21-13-2-4-16-15(10-13)20(29)23-6-1-8-25(12-18(27)22-7-9-30-16)19(28)5-3-14-11-17(26)24-31-14/h2,4,10-11H,1,3,5-9,12H2,(H,22,27)(H,23,29)(H,24,26). The molecule has 1 aromatic heterocycles. The van der Waals surface area contributed by atoms with Crippen LogP contribution in [0.2, 0.25) is 5.02 Å². The number of hydrogen-bond acceptors (Lipinski definition) is 6. The molecule has 3 N–H and O–H groups in total. The molecule has 0 unspecified atom stereocenters. The number of carbonyl (C=O) groups excluding carboxylic acids is 3. The fourth-order valence-corrected chi connectivity index (χ4v) is 3.25. The third kappa shape index (κ3) is 6.61. The molecule has 0 radical (unpaired) electrons. The highest BCUT2D eigenvalue weighted by Crippen LogP contribution is 2.23. The Morgan fingerprint density at radius 1 is 1.13 bits per heavy atom. The SMILES string of the molecule is O=C1CN(C(=O)CCc2cc(=O)[nH]o2)CCCNC(=O)c2cc(Cl)ccc2OCCN1. The van der Waals surface area contributed by atoms with E-state index in [1.165, 1.54) is 17.0 Å². The Hall–Kier alpha value is -3.27. The molecular formula is C20H23ClN4O6. The second kappa shape index (κ2) is 10.7. The van der Waals surface area contributed by atoms with Gasteiger partial charge in [-0.15, -0.1) is 0 Å². The Labute approximate surface area is 182 Å². The van der Waals surface area contributed by atoms with E-state index in [-0.39, 0.29) is 62.4 Å². The van der Waals surface area contributed by atoms with Crippen LogP contribution in [-0.4, -0.2) is 60.6 Å². The molecule has 0 fully saturated rings. The van der Waals surface area contributed by atoms with Crippen molar-refractivity contribution in [3.8, 4) is 5.75 Å². The van der Waals surface area contributed by atoms with Crippen molar-refractivity contribution in [2.45, 2.75) is 19.3 Å². The zero-order valence-corrected chi connectivity index (χ0v) is 17.5. The molecule has 0 bridgehead atoms. The number of aromatic amines is 1. The number of hydrogen-bond donors (Lipinski definition) is 3. The summed E-state index contributed by atoms with van der Waals surface area (Å²) in [5, 5.41) is 8.06. The lowest BCUT2D eigenvalue weighted by atomic mass is 10.2. The molecule has 0 aliphatic carbocycles. The molecule has 1 aliphatic heterocycles. The number of aromatic nitrogens is 1. The van der Waals surface area contributed by atoms with E-state index in [4.69, 9.17) is 20.9 Å². The summed E-state index contributed by atoms with van der Waals surface area (Å²) < 4.78 is 10.6. The summed E-state index contributed by atoms with van der Waals surface area (Å²) in [7, 11) is 0. The minimum absolute atomic E-state index is 0.0788. The van der Waals surface area contributed by atoms with Crippen LogP contribution in [0.15, 0.2) is 33.6 Å². The summed E-state index contributed by atoms with van der Waals surface area (Å²) in [6, 6.07) is 6.03. The highest BCUT2D eigenvalue weighted by atomic mass is 35.5. The predicted octanol–water partition coefficient (Wildman–Crippen LogP) is 0.711. The van der Waals surface area contributed by atoms with Gasteiger partial charge in [0, 0.05) is 37.0 Å². The second-order valence-electron chi connectivity index (χ2n) is 6.94. The number of nitrogens with zero attached hydrogens (tertiary/aromatic N) is 1. The Balaban J connectivity index is 1.64. The van der Waals surface area contributed by atoms with E-state index in [1.54, 1.807) is 12.1 Å². The third-order valence-electron chi connectivity index (χ3n) is 4.61. The van der Waals surface area contributed by atoms with E-state index in [0.29, 0.717) is 35.1 Å². The zero-order valence-electron chi connectivity index (χ0n) is 16.7. The maximum absolute atomic E-state index is 12.6. The molecule has 0 atom stereocenters. The fourth-order valence-electron chi connectivity index (χ4n) is 3.08. The number of benzene rings is 1. The number of carbonyl (C=O) groups is 3. The van der Waals surface area contributed by atoms with Gasteiger partial charge in [-0.3, -0.25) is 19.2 Å². The zero-order chi connectivity index (χ0) is 22.2. The van der Waals surface area contributed by atoms with E-state index in [9.17, 15) is 19.2 Å². The number of amides is 3. The molecule has 0 spiro atoms. The normalized spacial score (nSPS) is 15.8. The molecular weight excluding hydrogens is 428 g/mol. The second-order valence-corrected chi connectivity index (χ2v) is 7.38. The maximum atomic E-state index is 12.6. The molecule has 3 rings (SSSR count). The van der Waals surface area contributed by atoms with E-state index in [0.717, 1.165) is 0 Å². The van der Waals surface area contributed by atoms with E-state index >= 15 is 0 Å². The van der Waals surface area contributed by atoms with Gasteiger partial charge >= 0.3 is 0 Å². The lowest BCUT2D eigenvalue weighted by Crippen LogP contribution is -2.43. The van der Waals surface area contributed by atoms with Crippen LogP contribution in [0.1, 0.15) is 29.0 Å². The number of ether oxygens (including phenoxy) is 1. The van der Waals surface area contributed by atoms with E-state index < -0.39 is 0 Å². The molecule has 0 saturated carbocycles. The van der Waals surface area contributed by atoms with Gasteiger partial charge in [-0.2, -0.15) is 5.16 Å². The lowest BCUT2D eigenvalue weighted by Gasteiger charge is -2.23. The number of H-pyrrole nitrogens is 1. The van der Waals surface area contributed by atoms with Crippen LogP contribution < -0.4 is 20.9 Å². The van der Waals surface area contributed by atoms with Crippen molar-refractivity contribution in [2.75, 3.05) is 32.8 Å². The van der Waals surface area contributed by atoms with Crippen molar-refractivity contribution in [1.82, 2.24) is 20.7 Å². The Bertz CT molecular complexity index is 1000. The minimum atomic E-state index is -0.374. The van der Waals surface area contributed by atoms with Crippen molar-refractivity contribution in [3.63, 3.8) is 0 Å². The molecule has 31 heavy (non-hydrogen) atoms. The van der Waals surface area contributed by atoms with Crippen molar-refractivity contribution < 1.29 is 23.6 Å². The van der Waals surface area contributed by atoms with Gasteiger partial charge in [-0.05, 0) is 24.6 Å². The summed E-state index contributed by atoms with van der Waals surface area (Å²) in [6.45, 7) is 0.814. The molecule has 0 saturated heterocycles. The van der Waals surface area contributed by atoms with Crippen molar-refractivity contribution >= 4 is 29.3 Å². The van der Waals surface area contributed by atoms with Crippen molar-refractivity contribution in [1.29, 1.82) is 0 Å². The van der Waals surface area contributed by atoms with Gasteiger partial charge in [0.05, 0.1) is 18.7 Å². The first-order chi connectivity index (χ1) is 14.9. The fraction of sp³-hybridized carbons (Fsp3) is 0.400. The van der Waals surface area contributed by atoms with E-state index in [1.807, 2.05) is 0 Å². The largest absolute Gasteiger partial charge is 0.491 e. The smallest absolute Gasteiger partial charge is 0.280 e. The number of fused-ring (bicyclic) bond motifs is 1. The van der Waals surface area contributed by atoms with Crippen LogP contribution in [-0.2, 0) is 16.0 Å². The summed E-state index contributed by atoms with van der Waals surface area (Å²) in [5.74, 6) is -0.166. The molecule has 2 heterocycles. The number of rotatable bonds is 3. The van der Waals surface area contributed by atoms with Gasteiger partial charge < -0.3 is 24.8 Å². The minimum Gasteiger partial charge on any atom is -0.491 e. The quantitative estimate of drug-likeness (QED) is 0.630. The first-order valence-corrected chi connectivity index (χ1v) is 10.2.